The molecular formula is C16H27F3N4O2. The molecule has 0 saturated carbocycles. The lowest BCUT2D eigenvalue weighted by molar-refractivity contribution is -0.162. The highest BCUT2D eigenvalue weighted by molar-refractivity contribution is 5.79. The molecule has 0 atom stereocenters. The first-order chi connectivity index (χ1) is 11.8. The van der Waals surface area contributed by atoms with Gasteiger partial charge in [-0.3, -0.25) is 14.5 Å². The Morgan fingerprint density at radius 1 is 1.00 bits per heavy atom. The molecule has 2 amide bonds. The summed E-state index contributed by atoms with van der Waals surface area (Å²) >= 11 is 0. The fraction of sp³-hybridized carbons (Fsp3) is 0.875. The molecule has 2 aliphatic rings. The van der Waals surface area contributed by atoms with E-state index in [4.69, 9.17) is 0 Å². The van der Waals surface area contributed by atoms with Gasteiger partial charge >= 0.3 is 6.18 Å². The number of nitrogens with zero attached hydrogens (tertiary/aromatic N) is 3. The number of piperazine rings is 1. The van der Waals surface area contributed by atoms with Crippen LogP contribution in [0.1, 0.15) is 26.2 Å². The zero-order valence-electron chi connectivity index (χ0n) is 14.6. The summed E-state index contributed by atoms with van der Waals surface area (Å²) in [5, 5.41) is 3.04. The van der Waals surface area contributed by atoms with Crippen molar-refractivity contribution in [1.29, 1.82) is 0 Å². The number of alkyl halides is 3. The Morgan fingerprint density at radius 2 is 1.60 bits per heavy atom. The minimum Gasteiger partial charge on any atom is -0.352 e. The van der Waals surface area contributed by atoms with E-state index in [0.717, 1.165) is 32.5 Å². The van der Waals surface area contributed by atoms with Gasteiger partial charge in [-0.05, 0) is 19.4 Å². The second-order valence-corrected chi connectivity index (χ2v) is 6.72. The SMILES string of the molecule is CCN1CCC(NC(=O)CN2CCN(C(=O)CC(F)(F)F)CC2)CC1. The predicted molar refractivity (Wildman–Crippen MR) is 87.0 cm³/mol. The maximum absolute atomic E-state index is 12.3. The minimum absolute atomic E-state index is 0.0509. The number of nitrogens with one attached hydrogen (secondary N) is 1. The highest BCUT2D eigenvalue weighted by atomic mass is 19.4. The first-order valence-electron chi connectivity index (χ1n) is 8.85. The van der Waals surface area contributed by atoms with Crippen molar-refractivity contribution < 1.29 is 22.8 Å². The number of carbonyl (C=O) groups excluding carboxylic acids is 2. The van der Waals surface area contributed by atoms with Gasteiger partial charge in [0.25, 0.3) is 0 Å². The summed E-state index contributed by atoms with van der Waals surface area (Å²) in [6.07, 6.45) is -4.00. The lowest BCUT2D eigenvalue weighted by Gasteiger charge is -2.35. The van der Waals surface area contributed by atoms with Crippen molar-refractivity contribution in [2.75, 3.05) is 52.4 Å². The molecule has 0 unspecified atom stereocenters. The summed E-state index contributed by atoms with van der Waals surface area (Å²) in [6.45, 7) is 6.67. The van der Waals surface area contributed by atoms with Crippen molar-refractivity contribution in [2.24, 2.45) is 0 Å². The molecule has 0 aromatic heterocycles. The predicted octanol–water partition coefficient (Wildman–Crippen LogP) is 0.684. The van der Waals surface area contributed by atoms with Crippen molar-refractivity contribution in [3.05, 3.63) is 0 Å². The summed E-state index contributed by atoms with van der Waals surface area (Å²) in [7, 11) is 0. The maximum Gasteiger partial charge on any atom is 0.397 e. The van der Waals surface area contributed by atoms with Gasteiger partial charge < -0.3 is 15.1 Å². The van der Waals surface area contributed by atoms with E-state index in [1.54, 1.807) is 0 Å². The molecule has 2 rings (SSSR count). The Morgan fingerprint density at radius 3 is 2.12 bits per heavy atom. The highest BCUT2D eigenvalue weighted by Gasteiger charge is 2.34. The van der Waals surface area contributed by atoms with Crippen LogP contribution < -0.4 is 5.32 Å². The van der Waals surface area contributed by atoms with Crippen molar-refractivity contribution in [3.8, 4) is 0 Å². The molecule has 0 aromatic carbocycles. The lowest BCUT2D eigenvalue weighted by Crippen LogP contribution is -2.53. The molecule has 0 bridgehead atoms. The quantitative estimate of drug-likeness (QED) is 0.780. The molecule has 0 aromatic rings. The molecule has 0 aliphatic carbocycles. The summed E-state index contributed by atoms with van der Waals surface area (Å²) in [5.41, 5.74) is 0. The number of halogens is 3. The summed E-state index contributed by atoms with van der Waals surface area (Å²) in [6, 6.07) is 0.199. The third kappa shape index (κ3) is 6.81. The first kappa shape index (κ1) is 20.0. The number of amides is 2. The van der Waals surface area contributed by atoms with Crippen LogP contribution in [0.3, 0.4) is 0 Å². The van der Waals surface area contributed by atoms with Crippen LogP contribution in [0.15, 0.2) is 0 Å². The Balaban J connectivity index is 1.66. The average Bonchev–Trinajstić information content (AvgIpc) is 2.54. The molecular weight excluding hydrogens is 337 g/mol. The minimum atomic E-state index is -4.47. The normalized spacial score (nSPS) is 21.4. The number of carbonyl (C=O) groups is 2. The Hall–Kier alpha value is -1.35. The topological polar surface area (TPSA) is 55.9 Å². The molecule has 0 spiro atoms. The fourth-order valence-corrected chi connectivity index (χ4v) is 3.31. The summed E-state index contributed by atoms with van der Waals surface area (Å²) in [5.74, 6) is -0.940. The van der Waals surface area contributed by atoms with E-state index in [9.17, 15) is 22.8 Å². The number of likely N-dealkylation sites (tertiary alicyclic amines) is 1. The summed E-state index contributed by atoms with van der Waals surface area (Å²) in [4.78, 5) is 29.2. The molecule has 2 aliphatic heterocycles. The number of hydrogen-bond acceptors (Lipinski definition) is 4. The largest absolute Gasteiger partial charge is 0.397 e. The van der Waals surface area contributed by atoms with E-state index in [1.807, 2.05) is 4.90 Å². The van der Waals surface area contributed by atoms with Crippen molar-refractivity contribution in [1.82, 2.24) is 20.0 Å². The van der Waals surface area contributed by atoms with E-state index in [2.05, 4.69) is 17.1 Å². The van der Waals surface area contributed by atoms with E-state index in [0.29, 0.717) is 13.1 Å². The van der Waals surface area contributed by atoms with Crippen LogP contribution in [0.2, 0.25) is 0 Å². The Kier molecular flexibility index (Phi) is 7.06. The van der Waals surface area contributed by atoms with Crippen LogP contribution in [0, 0.1) is 0 Å². The van der Waals surface area contributed by atoms with Crippen LogP contribution in [0.5, 0.6) is 0 Å². The first-order valence-corrected chi connectivity index (χ1v) is 8.85. The van der Waals surface area contributed by atoms with Crippen molar-refractivity contribution in [3.63, 3.8) is 0 Å². The van der Waals surface area contributed by atoms with E-state index < -0.39 is 18.5 Å². The van der Waals surface area contributed by atoms with E-state index in [-0.39, 0.29) is 31.6 Å². The Bertz CT molecular complexity index is 457. The molecule has 144 valence electrons. The third-order valence-corrected chi connectivity index (χ3v) is 4.84. The van der Waals surface area contributed by atoms with Gasteiger partial charge in [0.05, 0.1) is 6.54 Å². The van der Waals surface area contributed by atoms with Crippen LogP contribution in [-0.2, 0) is 9.59 Å². The van der Waals surface area contributed by atoms with E-state index >= 15 is 0 Å². The molecule has 6 nitrogen and oxygen atoms in total. The molecule has 9 heteroatoms. The van der Waals surface area contributed by atoms with Crippen LogP contribution in [0.4, 0.5) is 13.2 Å². The molecule has 2 heterocycles. The monoisotopic (exact) mass is 364 g/mol. The van der Waals surface area contributed by atoms with Crippen LogP contribution in [0.25, 0.3) is 0 Å². The highest BCUT2D eigenvalue weighted by Crippen LogP contribution is 2.21. The number of hydrogen-bond donors (Lipinski definition) is 1. The van der Waals surface area contributed by atoms with Gasteiger partial charge in [0.2, 0.25) is 11.8 Å². The second kappa shape index (κ2) is 8.84. The average molecular weight is 364 g/mol. The van der Waals surface area contributed by atoms with Crippen molar-refractivity contribution in [2.45, 2.75) is 38.4 Å². The zero-order chi connectivity index (χ0) is 18.4. The second-order valence-electron chi connectivity index (χ2n) is 6.72. The Labute approximate surface area is 146 Å². The molecule has 2 saturated heterocycles. The van der Waals surface area contributed by atoms with Crippen molar-refractivity contribution >= 4 is 11.8 Å². The molecule has 1 N–H and O–H groups in total. The van der Waals surface area contributed by atoms with Gasteiger partial charge in [-0.15, -0.1) is 0 Å². The third-order valence-electron chi connectivity index (χ3n) is 4.84. The lowest BCUT2D eigenvalue weighted by atomic mass is 10.1. The fourth-order valence-electron chi connectivity index (χ4n) is 3.31. The van der Waals surface area contributed by atoms with Gasteiger partial charge in [-0.25, -0.2) is 0 Å². The van der Waals surface area contributed by atoms with Crippen LogP contribution >= 0.6 is 0 Å². The van der Waals surface area contributed by atoms with Gasteiger partial charge in [0.1, 0.15) is 6.42 Å². The molecule has 0 radical (unpaired) electrons. The number of piperidine rings is 1. The zero-order valence-corrected chi connectivity index (χ0v) is 14.6. The van der Waals surface area contributed by atoms with Gasteiger partial charge in [-0.2, -0.15) is 13.2 Å². The smallest absolute Gasteiger partial charge is 0.352 e. The van der Waals surface area contributed by atoms with Crippen LogP contribution in [-0.4, -0.2) is 91.1 Å². The van der Waals surface area contributed by atoms with Gasteiger partial charge in [-0.1, -0.05) is 6.92 Å². The molecule has 25 heavy (non-hydrogen) atoms. The van der Waals surface area contributed by atoms with Gasteiger partial charge in [0, 0.05) is 45.3 Å². The van der Waals surface area contributed by atoms with E-state index in [1.165, 1.54) is 4.90 Å². The maximum atomic E-state index is 12.3. The summed E-state index contributed by atoms with van der Waals surface area (Å²) < 4.78 is 36.8. The number of rotatable bonds is 5. The van der Waals surface area contributed by atoms with Gasteiger partial charge in [0.15, 0.2) is 0 Å². The standard InChI is InChI=1S/C16H27F3N4O2/c1-2-21-5-3-13(4-6-21)20-14(24)12-22-7-9-23(10-8-22)15(25)11-16(17,18)19/h13H,2-12H2,1H3,(H,20,24). The molecule has 2 fully saturated rings.